The van der Waals surface area contributed by atoms with Crippen molar-refractivity contribution in [1.29, 1.82) is 0 Å². The Labute approximate surface area is 106 Å². The lowest BCUT2D eigenvalue weighted by molar-refractivity contribution is 0.0307. The molecule has 3 N–H and O–H groups in total. The number of aromatic amines is 1. The molecule has 0 amide bonds. The number of aliphatic hydroxyl groups excluding tert-OH is 2. The lowest BCUT2D eigenvalue weighted by Crippen LogP contribution is -2.37. The smallest absolute Gasteiger partial charge is 0.328 e. The van der Waals surface area contributed by atoms with Crippen LogP contribution >= 0.6 is 0 Å². The number of nitrogens with zero attached hydrogens (tertiary/aromatic N) is 4. The Morgan fingerprint density at radius 1 is 1.47 bits per heavy atom. The lowest BCUT2D eigenvalue weighted by atomic mass is 10.1. The van der Waals surface area contributed by atoms with Gasteiger partial charge < -0.3 is 10.2 Å². The van der Waals surface area contributed by atoms with Crippen molar-refractivity contribution in [3.05, 3.63) is 55.2 Å². The Bertz CT molecular complexity index is 669. The van der Waals surface area contributed by atoms with E-state index in [9.17, 15) is 19.8 Å². The molecule has 0 radical (unpaired) electrons. The molecule has 0 aliphatic heterocycles. The summed E-state index contributed by atoms with van der Waals surface area (Å²) in [6.07, 6.45) is 0.222. The molecular formula is C10H11N5O4. The molecule has 0 saturated carbocycles. The zero-order valence-electron chi connectivity index (χ0n) is 9.67. The molecule has 1 aromatic heterocycles. The van der Waals surface area contributed by atoms with Crippen LogP contribution in [0.4, 0.5) is 0 Å². The van der Waals surface area contributed by atoms with Crippen LogP contribution in [-0.4, -0.2) is 38.5 Å². The molecule has 0 bridgehead atoms. The first-order chi connectivity index (χ1) is 9.04. The highest BCUT2D eigenvalue weighted by Crippen LogP contribution is 2.28. The van der Waals surface area contributed by atoms with Crippen molar-refractivity contribution in [2.24, 2.45) is 5.11 Å². The maximum Gasteiger partial charge on any atom is 0.328 e. The van der Waals surface area contributed by atoms with Crippen LogP contribution in [0.5, 0.6) is 0 Å². The van der Waals surface area contributed by atoms with E-state index >= 15 is 0 Å². The minimum Gasteiger partial charge on any atom is -0.388 e. The summed E-state index contributed by atoms with van der Waals surface area (Å²) in [4.78, 5) is 27.2. The van der Waals surface area contributed by atoms with Crippen LogP contribution in [0.25, 0.3) is 10.4 Å². The van der Waals surface area contributed by atoms with Gasteiger partial charge in [-0.15, -0.1) is 0 Å². The summed E-state index contributed by atoms with van der Waals surface area (Å²) in [6.45, 7) is -0.0939. The highest BCUT2D eigenvalue weighted by Gasteiger charge is 2.35. The van der Waals surface area contributed by atoms with Crippen LogP contribution in [0.1, 0.15) is 6.04 Å². The third-order valence-corrected chi connectivity index (χ3v) is 2.93. The van der Waals surface area contributed by atoms with Gasteiger partial charge in [-0.25, -0.2) is 4.79 Å². The zero-order chi connectivity index (χ0) is 14.0. The van der Waals surface area contributed by atoms with Crippen LogP contribution in [0.3, 0.4) is 0 Å². The molecule has 0 aromatic carbocycles. The summed E-state index contributed by atoms with van der Waals surface area (Å²) in [5.41, 5.74) is 7.32. The molecule has 9 nitrogen and oxygen atoms in total. The summed E-state index contributed by atoms with van der Waals surface area (Å²) >= 11 is 0. The van der Waals surface area contributed by atoms with Crippen molar-refractivity contribution in [3.63, 3.8) is 0 Å². The maximum absolute atomic E-state index is 11.6. The first-order valence-electron chi connectivity index (χ1n) is 5.43. The molecule has 19 heavy (non-hydrogen) atoms. The van der Waals surface area contributed by atoms with Gasteiger partial charge in [0.2, 0.25) is 0 Å². The second-order valence-corrected chi connectivity index (χ2v) is 4.07. The predicted octanol–water partition coefficient (Wildman–Crippen LogP) is -0.950. The van der Waals surface area contributed by atoms with E-state index in [1.807, 2.05) is 0 Å². The van der Waals surface area contributed by atoms with Crippen LogP contribution in [0.2, 0.25) is 0 Å². The van der Waals surface area contributed by atoms with Gasteiger partial charge in [0.1, 0.15) is 12.2 Å². The summed E-state index contributed by atoms with van der Waals surface area (Å²) < 4.78 is 1.10. The average molecular weight is 265 g/mol. The number of nitrogens with one attached hydrogen (secondary N) is 1. The number of rotatable bonds is 3. The zero-order valence-corrected chi connectivity index (χ0v) is 9.67. The number of azide groups is 1. The molecule has 0 spiro atoms. The van der Waals surface area contributed by atoms with Crippen molar-refractivity contribution in [3.8, 4) is 0 Å². The van der Waals surface area contributed by atoms with Gasteiger partial charge in [-0.3, -0.25) is 14.3 Å². The van der Waals surface area contributed by atoms with Gasteiger partial charge in [0.05, 0.1) is 6.04 Å². The number of hydrogen-bond acceptors (Lipinski definition) is 5. The topological polar surface area (TPSA) is 144 Å². The minimum absolute atomic E-state index is 0.0939. The summed E-state index contributed by atoms with van der Waals surface area (Å²) in [5.74, 6) is 0. The van der Waals surface area contributed by atoms with E-state index in [-0.39, 0.29) is 6.54 Å². The molecule has 1 heterocycles. The van der Waals surface area contributed by atoms with E-state index in [1.165, 1.54) is 12.3 Å². The standard InChI is InChI=1S/C10H11N5O4/c11-14-12-4-5-3-6(9(18)8(5)17)15-2-1-7(16)13-10(15)19/h1-3,6,8-9,17-18H,4H2,(H,13,16,19)/t6-,8+,9?/m1/s1. The molecule has 3 atom stereocenters. The molecule has 1 aromatic rings. The van der Waals surface area contributed by atoms with Crippen LogP contribution in [0.15, 0.2) is 38.6 Å². The van der Waals surface area contributed by atoms with Crippen molar-refractivity contribution in [1.82, 2.24) is 9.55 Å². The third kappa shape index (κ3) is 2.43. The third-order valence-electron chi connectivity index (χ3n) is 2.93. The normalized spacial score (nSPS) is 25.8. The molecule has 1 aliphatic carbocycles. The van der Waals surface area contributed by atoms with Crippen molar-refractivity contribution < 1.29 is 10.2 Å². The Morgan fingerprint density at radius 2 is 2.21 bits per heavy atom. The van der Waals surface area contributed by atoms with Gasteiger partial charge >= 0.3 is 5.69 Å². The number of aromatic nitrogens is 2. The Hall–Kier alpha value is -2.35. The van der Waals surface area contributed by atoms with E-state index < -0.39 is 29.5 Å². The Kier molecular flexibility index (Phi) is 3.52. The summed E-state index contributed by atoms with van der Waals surface area (Å²) in [7, 11) is 0. The molecule has 9 heteroatoms. The fraction of sp³-hybridized carbons (Fsp3) is 0.400. The molecule has 2 rings (SSSR count). The van der Waals surface area contributed by atoms with Gasteiger partial charge in [-0.1, -0.05) is 11.2 Å². The lowest BCUT2D eigenvalue weighted by Gasteiger charge is -2.18. The van der Waals surface area contributed by atoms with Gasteiger partial charge in [0.25, 0.3) is 5.56 Å². The highest BCUT2D eigenvalue weighted by atomic mass is 16.3. The number of H-pyrrole nitrogens is 1. The van der Waals surface area contributed by atoms with Crippen LogP contribution in [0, 0.1) is 0 Å². The van der Waals surface area contributed by atoms with E-state index in [4.69, 9.17) is 5.53 Å². The van der Waals surface area contributed by atoms with E-state index in [0.717, 1.165) is 10.6 Å². The SMILES string of the molecule is [N-]=[N+]=NCC1=C[C@@H](n2ccc(=O)[nH]c2=O)C(O)[C@H]1O. The quantitative estimate of drug-likeness (QED) is 0.280. The average Bonchev–Trinajstić information content (AvgIpc) is 2.64. The molecular weight excluding hydrogens is 254 g/mol. The second-order valence-electron chi connectivity index (χ2n) is 4.07. The summed E-state index contributed by atoms with van der Waals surface area (Å²) in [5, 5.41) is 23.0. The summed E-state index contributed by atoms with van der Waals surface area (Å²) in [6, 6.07) is 0.322. The molecule has 1 unspecified atom stereocenters. The Balaban J connectivity index is 2.39. The van der Waals surface area contributed by atoms with Crippen molar-refractivity contribution in [2.45, 2.75) is 18.2 Å². The van der Waals surface area contributed by atoms with Crippen molar-refractivity contribution in [2.75, 3.05) is 6.54 Å². The molecule has 100 valence electrons. The Morgan fingerprint density at radius 3 is 2.84 bits per heavy atom. The van der Waals surface area contributed by atoms with Gasteiger partial charge in [0, 0.05) is 23.7 Å². The van der Waals surface area contributed by atoms with Gasteiger partial charge in [0.15, 0.2) is 0 Å². The van der Waals surface area contributed by atoms with Gasteiger partial charge in [-0.05, 0) is 11.1 Å². The minimum atomic E-state index is -1.24. The fourth-order valence-corrected chi connectivity index (χ4v) is 1.99. The predicted molar refractivity (Wildman–Crippen MR) is 64.5 cm³/mol. The fourth-order valence-electron chi connectivity index (χ4n) is 1.99. The van der Waals surface area contributed by atoms with Crippen LogP contribution in [-0.2, 0) is 0 Å². The molecule has 1 aliphatic rings. The highest BCUT2D eigenvalue weighted by molar-refractivity contribution is 5.24. The second kappa shape index (κ2) is 5.11. The largest absolute Gasteiger partial charge is 0.388 e. The molecule has 0 saturated heterocycles. The first-order valence-corrected chi connectivity index (χ1v) is 5.43. The van der Waals surface area contributed by atoms with Gasteiger partial charge in [-0.2, -0.15) is 0 Å². The van der Waals surface area contributed by atoms with Crippen molar-refractivity contribution >= 4 is 0 Å². The monoisotopic (exact) mass is 265 g/mol. The van der Waals surface area contributed by atoms with E-state index in [1.54, 1.807) is 0 Å². The number of aliphatic hydroxyl groups is 2. The molecule has 0 fully saturated rings. The van der Waals surface area contributed by atoms with Crippen LogP contribution < -0.4 is 11.2 Å². The first kappa shape index (κ1) is 13.1. The van der Waals surface area contributed by atoms with E-state index in [2.05, 4.69) is 15.0 Å². The van der Waals surface area contributed by atoms with E-state index in [0.29, 0.717) is 5.57 Å². The maximum atomic E-state index is 11.6. The number of hydrogen-bond donors (Lipinski definition) is 3.